The maximum atomic E-state index is 11.2. The highest BCUT2D eigenvalue weighted by Crippen LogP contribution is 2.02. The fourth-order valence-electron chi connectivity index (χ4n) is 0.857. The van der Waals surface area contributed by atoms with Crippen molar-refractivity contribution >= 4 is 5.78 Å². The highest BCUT2D eigenvalue weighted by Gasteiger charge is 2.05. The Balaban J connectivity index is 3.05. The van der Waals surface area contributed by atoms with Crippen LogP contribution in [0.4, 0.5) is 0 Å². The third kappa shape index (κ3) is 1.67. The first-order valence-electron chi connectivity index (χ1n) is 3.98. The number of aryl methyl sites for hydroxylation is 2. The van der Waals surface area contributed by atoms with Crippen LogP contribution in [0.3, 0.4) is 0 Å². The number of hydrogen-bond donors (Lipinski definition) is 0. The molecule has 1 aromatic heterocycles. The Kier molecular flexibility index (Phi) is 2.53. The fourth-order valence-corrected chi connectivity index (χ4v) is 0.857. The molecule has 1 aromatic rings. The first-order valence-corrected chi connectivity index (χ1v) is 3.98. The van der Waals surface area contributed by atoms with Gasteiger partial charge in [-0.1, -0.05) is 6.92 Å². The number of Topliss-reactive ketones (excluding diaryl/α,β-unsaturated/α-hetero) is 1. The van der Waals surface area contributed by atoms with Gasteiger partial charge in [0.05, 0.1) is 17.6 Å². The molecule has 0 bridgehead atoms. The van der Waals surface area contributed by atoms with E-state index in [2.05, 4.69) is 9.97 Å². The number of carbonyl (C=O) groups excluding carboxylic acids is 1. The summed E-state index contributed by atoms with van der Waals surface area (Å²) in [4.78, 5) is 19.4. The first-order chi connectivity index (χ1) is 5.65. The van der Waals surface area contributed by atoms with Gasteiger partial charge in [-0.25, -0.2) is 4.98 Å². The van der Waals surface area contributed by atoms with Crippen molar-refractivity contribution in [3.05, 3.63) is 23.3 Å². The quantitative estimate of drug-likeness (QED) is 0.624. The lowest BCUT2D eigenvalue weighted by Crippen LogP contribution is -2.04. The normalized spacial score (nSPS) is 9.92. The molecular formula is C9H12N2O. The summed E-state index contributed by atoms with van der Waals surface area (Å²) in [5.74, 6) is 0.0469. The smallest absolute Gasteiger partial charge is 0.182 e. The summed E-state index contributed by atoms with van der Waals surface area (Å²) in [7, 11) is 0. The topological polar surface area (TPSA) is 42.9 Å². The summed E-state index contributed by atoms with van der Waals surface area (Å²) in [5.41, 5.74) is 2.18. The van der Waals surface area contributed by atoms with E-state index in [1.54, 1.807) is 0 Å². The predicted octanol–water partition coefficient (Wildman–Crippen LogP) is 1.69. The van der Waals surface area contributed by atoms with Crippen molar-refractivity contribution in [2.75, 3.05) is 0 Å². The number of nitrogens with zero attached hydrogens (tertiary/aromatic N) is 2. The number of rotatable bonds is 2. The minimum Gasteiger partial charge on any atom is -0.292 e. The lowest BCUT2D eigenvalue weighted by molar-refractivity contribution is 0.0983. The monoisotopic (exact) mass is 164 g/mol. The standard InChI is InChI=1S/C9H12N2O/c1-4-9(12)8-5-10-6(2)7(3)11-8/h5H,4H2,1-3H3. The predicted molar refractivity (Wildman–Crippen MR) is 46.1 cm³/mol. The fraction of sp³-hybridized carbons (Fsp3) is 0.444. The number of carbonyl (C=O) groups is 1. The minimum absolute atomic E-state index is 0.0469. The van der Waals surface area contributed by atoms with Gasteiger partial charge in [0.1, 0.15) is 5.69 Å². The van der Waals surface area contributed by atoms with E-state index in [0.717, 1.165) is 11.4 Å². The molecule has 0 fully saturated rings. The van der Waals surface area contributed by atoms with Crippen molar-refractivity contribution in [1.29, 1.82) is 0 Å². The van der Waals surface area contributed by atoms with Crippen molar-refractivity contribution in [2.24, 2.45) is 0 Å². The molecule has 0 saturated carbocycles. The van der Waals surface area contributed by atoms with E-state index in [0.29, 0.717) is 12.1 Å². The van der Waals surface area contributed by atoms with Gasteiger partial charge in [-0.3, -0.25) is 9.78 Å². The van der Waals surface area contributed by atoms with Gasteiger partial charge in [0.2, 0.25) is 0 Å². The van der Waals surface area contributed by atoms with Gasteiger partial charge in [0.15, 0.2) is 5.78 Å². The second-order valence-corrected chi connectivity index (χ2v) is 2.70. The van der Waals surface area contributed by atoms with Crippen LogP contribution in [0.2, 0.25) is 0 Å². The Labute approximate surface area is 71.9 Å². The lowest BCUT2D eigenvalue weighted by atomic mass is 10.2. The van der Waals surface area contributed by atoms with Gasteiger partial charge in [-0.2, -0.15) is 0 Å². The maximum absolute atomic E-state index is 11.2. The van der Waals surface area contributed by atoms with Crippen LogP contribution in [0.5, 0.6) is 0 Å². The van der Waals surface area contributed by atoms with Gasteiger partial charge in [-0.05, 0) is 13.8 Å². The Morgan fingerprint density at radius 1 is 1.42 bits per heavy atom. The molecule has 0 aromatic carbocycles. The third-order valence-corrected chi connectivity index (χ3v) is 1.80. The van der Waals surface area contributed by atoms with Gasteiger partial charge in [0, 0.05) is 6.42 Å². The Hall–Kier alpha value is -1.25. The van der Waals surface area contributed by atoms with E-state index in [4.69, 9.17) is 0 Å². The Morgan fingerprint density at radius 2 is 2.08 bits per heavy atom. The third-order valence-electron chi connectivity index (χ3n) is 1.80. The van der Waals surface area contributed by atoms with Gasteiger partial charge in [-0.15, -0.1) is 0 Å². The van der Waals surface area contributed by atoms with Crippen LogP contribution >= 0.6 is 0 Å². The summed E-state index contributed by atoms with van der Waals surface area (Å²) < 4.78 is 0. The summed E-state index contributed by atoms with van der Waals surface area (Å²) in [5, 5.41) is 0. The summed E-state index contributed by atoms with van der Waals surface area (Å²) in [6, 6.07) is 0. The van der Waals surface area contributed by atoms with Crippen molar-refractivity contribution in [1.82, 2.24) is 9.97 Å². The van der Waals surface area contributed by atoms with Crippen LogP contribution in [0.25, 0.3) is 0 Å². The summed E-state index contributed by atoms with van der Waals surface area (Å²) in [6.45, 7) is 5.55. The molecule has 3 nitrogen and oxygen atoms in total. The molecule has 64 valence electrons. The zero-order valence-electron chi connectivity index (χ0n) is 7.59. The van der Waals surface area contributed by atoms with Gasteiger partial charge >= 0.3 is 0 Å². The van der Waals surface area contributed by atoms with Crippen molar-refractivity contribution in [3.8, 4) is 0 Å². The van der Waals surface area contributed by atoms with Crippen LogP contribution in [-0.4, -0.2) is 15.8 Å². The molecule has 0 aliphatic rings. The average Bonchev–Trinajstić information content (AvgIpc) is 2.08. The molecule has 3 heteroatoms. The molecule has 0 unspecified atom stereocenters. The molecule has 1 rings (SSSR count). The molecule has 1 heterocycles. The zero-order chi connectivity index (χ0) is 9.14. The molecule has 0 N–H and O–H groups in total. The van der Waals surface area contributed by atoms with E-state index in [-0.39, 0.29) is 5.78 Å². The van der Waals surface area contributed by atoms with Crippen LogP contribution in [0, 0.1) is 13.8 Å². The van der Waals surface area contributed by atoms with E-state index in [1.807, 2.05) is 20.8 Å². The van der Waals surface area contributed by atoms with E-state index in [1.165, 1.54) is 6.20 Å². The zero-order valence-corrected chi connectivity index (χ0v) is 7.59. The van der Waals surface area contributed by atoms with Crippen molar-refractivity contribution in [3.63, 3.8) is 0 Å². The molecule has 0 atom stereocenters. The van der Waals surface area contributed by atoms with E-state index in [9.17, 15) is 4.79 Å². The molecule has 0 spiro atoms. The van der Waals surface area contributed by atoms with Gasteiger partial charge < -0.3 is 0 Å². The van der Waals surface area contributed by atoms with Gasteiger partial charge in [0.25, 0.3) is 0 Å². The second kappa shape index (κ2) is 3.43. The van der Waals surface area contributed by atoms with Crippen molar-refractivity contribution in [2.45, 2.75) is 27.2 Å². The second-order valence-electron chi connectivity index (χ2n) is 2.70. The molecule has 0 radical (unpaired) electrons. The molecule has 12 heavy (non-hydrogen) atoms. The molecule has 0 saturated heterocycles. The van der Waals surface area contributed by atoms with E-state index < -0.39 is 0 Å². The number of hydrogen-bond acceptors (Lipinski definition) is 3. The summed E-state index contributed by atoms with van der Waals surface area (Å²) >= 11 is 0. The minimum atomic E-state index is 0.0469. The van der Waals surface area contributed by atoms with Crippen molar-refractivity contribution < 1.29 is 4.79 Å². The highest BCUT2D eigenvalue weighted by molar-refractivity contribution is 5.93. The number of ketones is 1. The highest BCUT2D eigenvalue weighted by atomic mass is 16.1. The van der Waals surface area contributed by atoms with E-state index >= 15 is 0 Å². The van der Waals surface area contributed by atoms with Crippen LogP contribution in [-0.2, 0) is 0 Å². The molecule has 0 amide bonds. The first kappa shape index (κ1) is 8.84. The Morgan fingerprint density at radius 3 is 2.58 bits per heavy atom. The largest absolute Gasteiger partial charge is 0.292 e. The van der Waals surface area contributed by atoms with Crippen LogP contribution in [0.1, 0.15) is 35.2 Å². The molecular weight excluding hydrogens is 152 g/mol. The SMILES string of the molecule is CCC(=O)c1cnc(C)c(C)n1. The molecule has 0 aliphatic heterocycles. The van der Waals surface area contributed by atoms with Crippen LogP contribution in [0.15, 0.2) is 6.20 Å². The Bertz CT molecular complexity index is 307. The average molecular weight is 164 g/mol. The van der Waals surface area contributed by atoms with Crippen LogP contribution < -0.4 is 0 Å². The number of aromatic nitrogens is 2. The lowest BCUT2D eigenvalue weighted by Gasteiger charge is -2.00. The maximum Gasteiger partial charge on any atom is 0.182 e. The molecule has 0 aliphatic carbocycles. The summed E-state index contributed by atoms with van der Waals surface area (Å²) in [6.07, 6.45) is 2.02.